The summed E-state index contributed by atoms with van der Waals surface area (Å²) in [6.45, 7) is 3.81. The molecule has 2 aromatic heterocycles. The van der Waals surface area contributed by atoms with Gasteiger partial charge in [-0.2, -0.15) is 0 Å². The first-order valence-electron chi connectivity index (χ1n) is 12.4. The monoisotopic (exact) mass is 473 g/mol. The third-order valence-corrected chi connectivity index (χ3v) is 6.80. The summed E-state index contributed by atoms with van der Waals surface area (Å²) < 4.78 is 0. The molecular formula is C25H39N5O4. The number of hydrogen-bond donors (Lipinski definition) is 6. The molecule has 1 fully saturated rings. The van der Waals surface area contributed by atoms with E-state index < -0.39 is 24.3 Å². The summed E-state index contributed by atoms with van der Waals surface area (Å²) in [7, 11) is 0. The fourth-order valence-electron chi connectivity index (χ4n) is 4.59. The van der Waals surface area contributed by atoms with Gasteiger partial charge in [0.1, 0.15) is 11.7 Å². The van der Waals surface area contributed by atoms with Crippen LogP contribution in [-0.2, 0) is 11.2 Å². The Morgan fingerprint density at radius 1 is 1.12 bits per heavy atom. The molecule has 0 aliphatic heterocycles. The third kappa shape index (κ3) is 7.70. The number of aliphatic hydroxyl groups is 2. The van der Waals surface area contributed by atoms with Gasteiger partial charge in [-0.15, -0.1) is 0 Å². The second-order valence-electron chi connectivity index (χ2n) is 9.86. The van der Waals surface area contributed by atoms with Gasteiger partial charge >= 0.3 is 0 Å². The fourth-order valence-corrected chi connectivity index (χ4v) is 4.59. The predicted molar refractivity (Wildman–Crippen MR) is 129 cm³/mol. The lowest BCUT2D eigenvalue weighted by Gasteiger charge is -2.32. The molecule has 4 atom stereocenters. The van der Waals surface area contributed by atoms with Crippen LogP contribution in [0.15, 0.2) is 30.9 Å². The minimum absolute atomic E-state index is 0.00823. The molecule has 6 N–H and O–H groups in total. The van der Waals surface area contributed by atoms with E-state index in [-0.39, 0.29) is 30.6 Å². The Morgan fingerprint density at radius 3 is 2.50 bits per heavy atom. The lowest BCUT2D eigenvalue weighted by atomic mass is 9.82. The van der Waals surface area contributed by atoms with Crippen LogP contribution in [0.5, 0.6) is 0 Å². The third-order valence-electron chi connectivity index (χ3n) is 6.80. The number of carbonyl (C=O) groups is 2. The molecule has 3 rings (SSSR count). The molecule has 2 aromatic rings. The van der Waals surface area contributed by atoms with Crippen LogP contribution in [0.25, 0.3) is 0 Å². The molecule has 0 spiro atoms. The number of H-pyrrole nitrogens is 2. The Morgan fingerprint density at radius 2 is 1.88 bits per heavy atom. The molecule has 2 amide bonds. The van der Waals surface area contributed by atoms with Crippen LogP contribution < -0.4 is 10.6 Å². The van der Waals surface area contributed by atoms with Gasteiger partial charge in [-0.3, -0.25) is 9.59 Å². The van der Waals surface area contributed by atoms with Crippen LogP contribution in [0.1, 0.15) is 75.0 Å². The number of aromatic nitrogens is 3. The smallest absolute Gasteiger partial charge is 0.268 e. The summed E-state index contributed by atoms with van der Waals surface area (Å²) in [6.07, 6.45) is 10.0. The van der Waals surface area contributed by atoms with Gasteiger partial charge in [-0.1, -0.05) is 46.0 Å². The lowest BCUT2D eigenvalue weighted by molar-refractivity contribution is -0.125. The van der Waals surface area contributed by atoms with E-state index in [0.717, 1.165) is 25.7 Å². The van der Waals surface area contributed by atoms with Gasteiger partial charge in [0, 0.05) is 30.9 Å². The molecule has 188 valence electrons. The van der Waals surface area contributed by atoms with Crippen molar-refractivity contribution in [2.24, 2.45) is 11.8 Å². The van der Waals surface area contributed by atoms with Gasteiger partial charge in [-0.25, -0.2) is 4.98 Å². The number of nitrogens with zero attached hydrogens (tertiary/aromatic N) is 1. The van der Waals surface area contributed by atoms with Crippen LogP contribution in [0, 0.1) is 11.8 Å². The van der Waals surface area contributed by atoms with Gasteiger partial charge < -0.3 is 30.8 Å². The van der Waals surface area contributed by atoms with Crippen molar-refractivity contribution in [2.75, 3.05) is 0 Å². The summed E-state index contributed by atoms with van der Waals surface area (Å²) in [5.41, 5.74) is 1.08. The van der Waals surface area contributed by atoms with Crippen LogP contribution in [-0.4, -0.2) is 61.3 Å². The van der Waals surface area contributed by atoms with Gasteiger partial charge in [0.15, 0.2) is 0 Å². The van der Waals surface area contributed by atoms with E-state index in [2.05, 4.69) is 25.6 Å². The van der Waals surface area contributed by atoms with Crippen LogP contribution in [0.2, 0.25) is 0 Å². The maximum absolute atomic E-state index is 13.4. The number of amides is 2. The zero-order valence-corrected chi connectivity index (χ0v) is 20.2. The average molecular weight is 474 g/mol. The van der Waals surface area contributed by atoms with Crippen molar-refractivity contribution in [2.45, 2.75) is 89.5 Å². The van der Waals surface area contributed by atoms with E-state index in [9.17, 15) is 19.8 Å². The van der Waals surface area contributed by atoms with Gasteiger partial charge in [0.25, 0.3) is 5.91 Å². The highest BCUT2D eigenvalue weighted by Crippen LogP contribution is 2.29. The van der Waals surface area contributed by atoms with Gasteiger partial charge in [-0.05, 0) is 30.4 Å². The quantitative estimate of drug-likeness (QED) is 0.280. The molecular weight excluding hydrogens is 434 g/mol. The van der Waals surface area contributed by atoms with E-state index in [1.807, 2.05) is 13.8 Å². The van der Waals surface area contributed by atoms with Crippen LogP contribution in [0.4, 0.5) is 0 Å². The summed E-state index contributed by atoms with van der Waals surface area (Å²) in [6, 6.07) is 2.00. The predicted octanol–water partition coefficient (Wildman–Crippen LogP) is 2.30. The lowest BCUT2D eigenvalue weighted by Crippen LogP contribution is -2.54. The minimum Gasteiger partial charge on any atom is -0.393 e. The first-order valence-corrected chi connectivity index (χ1v) is 12.4. The normalized spacial score (nSPS) is 18.3. The highest BCUT2D eigenvalue weighted by atomic mass is 16.3. The molecule has 0 radical (unpaired) electrons. The molecule has 34 heavy (non-hydrogen) atoms. The number of hydrogen-bond acceptors (Lipinski definition) is 5. The van der Waals surface area contributed by atoms with Crippen molar-refractivity contribution >= 4 is 11.8 Å². The topological polar surface area (TPSA) is 143 Å². The van der Waals surface area contributed by atoms with Gasteiger partial charge in [0.05, 0.1) is 24.6 Å². The Hall–Kier alpha value is -2.65. The van der Waals surface area contributed by atoms with E-state index in [1.54, 1.807) is 24.5 Å². The zero-order chi connectivity index (χ0) is 24.5. The van der Waals surface area contributed by atoms with Gasteiger partial charge in [0.2, 0.25) is 5.91 Å². The molecule has 1 aliphatic carbocycles. The van der Waals surface area contributed by atoms with Crippen molar-refractivity contribution in [1.82, 2.24) is 25.6 Å². The zero-order valence-electron chi connectivity index (χ0n) is 20.2. The molecule has 9 heteroatoms. The summed E-state index contributed by atoms with van der Waals surface area (Å²) in [4.78, 5) is 35.9. The number of aliphatic hydroxyl groups excluding tert-OH is 2. The Kier molecular flexibility index (Phi) is 9.71. The van der Waals surface area contributed by atoms with E-state index in [4.69, 9.17) is 0 Å². The van der Waals surface area contributed by atoms with Crippen LogP contribution in [0.3, 0.4) is 0 Å². The van der Waals surface area contributed by atoms with E-state index >= 15 is 0 Å². The number of carbonyl (C=O) groups excluding carboxylic acids is 2. The highest BCUT2D eigenvalue weighted by molar-refractivity contribution is 5.96. The first-order chi connectivity index (χ1) is 16.3. The Bertz CT molecular complexity index is 862. The summed E-state index contributed by atoms with van der Waals surface area (Å²) >= 11 is 0. The van der Waals surface area contributed by atoms with E-state index in [0.29, 0.717) is 23.7 Å². The highest BCUT2D eigenvalue weighted by Gasteiger charge is 2.31. The Labute approximate surface area is 201 Å². The molecule has 1 aliphatic rings. The maximum Gasteiger partial charge on any atom is 0.268 e. The fraction of sp³-hybridized carbons (Fsp3) is 0.640. The van der Waals surface area contributed by atoms with Crippen molar-refractivity contribution < 1.29 is 19.8 Å². The molecule has 0 aromatic carbocycles. The van der Waals surface area contributed by atoms with Crippen molar-refractivity contribution in [1.29, 1.82) is 0 Å². The second kappa shape index (κ2) is 12.7. The Balaban J connectivity index is 1.73. The van der Waals surface area contributed by atoms with E-state index in [1.165, 1.54) is 12.7 Å². The summed E-state index contributed by atoms with van der Waals surface area (Å²) in [5, 5.41) is 27.2. The number of aromatic amines is 2. The van der Waals surface area contributed by atoms with Crippen molar-refractivity contribution in [3.05, 3.63) is 42.2 Å². The molecule has 0 bridgehead atoms. The molecule has 0 saturated heterocycles. The first kappa shape index (κ1) is 26.0. The maximum atomic E-state index is 13.4. The van der Waals surface area contributed by atoms with Crippen molar-refractivity contribution in [3.63, 3.8) is 0 Å². The average Bonchev–Trinajstić information content (AvgIpc) is 3.53. The number of nitrogens with one attached hydrogen (secondary N) is 4. The van der Waals surface area contributed by atoms with Crippen LogP contribution >= 0.6 is 0 Å². The largest absolute Gasteiger partial charge is 0.393 e. The second-order valence-corrected chi connectivity index (χ2v) is 9.86. The molecule has 0 unspecified atom stereocenters. The minimum atomic E-state index is -0.879. The standard InChI is InChI=1S/C25H39N5O4/c1-16(2)22(31)13-23(32)20(11-17-7-4-3-5-8-17)29-25(34)21(12-18-14-26-15-28-18)30-24(33)19-9-6-10-27-19/h6,9-10,14-17,20-23,27,31-32H,3-5,7-8,11-13H2,1-2H3,(H,26,28)(H,29,34)(H,30,33)/t20-,21-,22-,23-/m0/s1. The molecule has 2 heterocycles. The number of rotatable bonds is 12. The number of imidazole rings is 1. The molecule has 1 saturated carbocycles. The molecule has 9 nitrogen and oxygen atoms in total. The SMILES string of the molecule is CC(C)[C@@H](O)C[C@H](O)[C@H](CC1CCCCC1)NC(=O)[C@H](Cc1cnc[nH]1)NC(=O)c1ccc[nH]1. The van der Waals surface area contributed by atoms with Crippen molar-refractivity contribution in [3.8, 4) is 0 Å². The summed E-state index contributed by atoms with van der Waals surface area (Å²) in [5.74, 6) is -0.323.